The summed E-state index contributed by atoms with van der Waals surface area (Å²) in [5.41, 5.74) is 1.04. The van der Waals surface area contributed by atoms with Gasteiger partial charge in [-0.25, -0.2) is 9.78 Å². The fraction of sp³-hybridized carbons (Fsp3) is 0.0556. The first-order valence-corrected chi connectivity index (χ1v) is 7.93. The van der Waals surface area contributed by atoms with E-state index in [0.717, 1.165) is 0 Å². The lowest BCUT2D eigenvalue weighted by Crippen LogP contribution is -2.27. The lowest BCUT2D eigenvalue weighted by molar-refractivity contribution is 0.0947. The Labute approximate surface area is 146 Å². The maximum absolute atomic E-state index is 12.3. The van der Waals surface area contributed by atoms with E-state index in [1.807, 2.05) is 12.1 Å². The fourth-order valence-electron chi connectivity index (χ4n) is 2.60. The number of nitrogens with zero attached hydrogens (tertiary/aromatic N) is 2. The molecule has 6 nitrogen and oxygen atoms in total. The highest BCUT2D eigenvalue weighted by Gasteiger charge is 2.14. The number of halogens is 1. The summed E-state index contributed by atoms with van der Waals surface area (Å²) in [5, 5.41) is 3.90. The van der Waals surface area contributed by atoms with Crippen LogP contribution in [0.15, 0.2) is 63.9 Å². The smallest absolute Gasteiger partial charge is 0.349 e. The van der Waals surface area contributed by atoms with Gasteiger partial charge in [-0.15, -0.1) is 0 Å². The molecule has 7 heteroatoms. The van der Waals surface area contributed by atoms with Gasteiger partial charge < -0.3 is 9.73 Å². The van der Waals surface area contributed by atoms with Crippen LogP contribution in [0.5, 0.6) is 0 Å². The summed E-state index contributed by atoms with van der Waals surface area (Å²) >= 11 is 6.09. The minimum atomic E-state index is -0.672. The Morgan fingerprint density at radius 3 is 2.88 bits per heavy atom. The van der Waals surface area contributed by atoms with Crippen molar-refractivity contribution in [1.82, 2.24) is 14.7 Å². The summed E-state index contributed by atoms with van der Waals surface area (Å²) in [6.07, 6.45) is 1.74. The van der Waals surface area contributed by atoms with Gasteiger partial charge in [-0.2, -0.15) is 0 Å². The molecule has 0 radical (unpaired) electrons. The van der Waals surface area contributed by atoms with E-state index in [9.17, 15) is 9.59 Å². The number of hydrogen-bond acceptors (Lipinski definition) is 4. The van der Waals surface area contributed by atoms with Gasteiger partial charge >= 0.3 is 5.63 Å². The van der Waals surface area contributed by atoms with Gasteiger partial charge in [0.15, 0.2) is 0 Å². The van der Waals surface area contributed by atoms with Gasteiger partial charge in [-0.05, 0) is 24.3 Å². The normalized spacial score (nSPS) is 11.1. The zero-order valence-corrected chi connectivity index (χ0v) is 13.7. The summed E-state index contributed by atoms with van der Waals surface area (Å²) in [5.74, 6) is -0.511. The monoisotopic (exact) mass is 353 g/mol. The Hall–Kier alpha value is -3.12. The zero-order chi connectivity index (χ0) is 17.4. The molecule has 0 fully saturated rings. The average molecular weight is 354 g/mol. The lowest BCUT2D eigenvalue weighted by atomic mass is 10.2. The number of nitrogens with one attached hydrogen (secondary N) is 1. The van der Waals surface area contributed by atoms with Crippen molar-refractivity contribution < 1.29 is 9.21 Å². The van der Waals surface area contributed by atoms with Crippen molar-refractivity contribution >= 4 is 34.1 Å². The maximum atomic E-state index is 12.3. The van der Waals surface area contributed by atoms with E-state index in [-0.39, 0.29) is 12.1 Å². The van der Waals surface area contributed by atoms with Crippen LogP contribution < -0.4 is 10.9 Å². The molecule has 0 unspecified atom stereocenters. The van der Waals surface area contributed by atoms with Crippen LogP contribution in [0.4, 0.5) is 0 Å². The minimum absolute atomic E-state index is 0.0412. The van der Waals surface area contributed by atoms with Gasteiger partial charge in [0.05, 0.1) is 12.2 Å². The van der Waals surface area contributed by atoms with Crippen molar-refractivity contribution in [3.63, 3.8) is 0 Å². The molecule has 0 aliphatic rings. The number of aromatic nitrogens is 2. The van der Waals surface area contributed by atoms with Crippen LogP contribution in [0, 0.1) is 0 Å². The van der Waals surface area contributed by atoms with Crippen molar-refractivity contribution in [1.29, 1.82) is 0 Å². The third-order valence-corrected chi connectivity index (χ3v) is 4.12. The number of pyridine rings is 1. The van der Waals surface area contributed by atoms with Crippen LogP contribution in [-0.2, 0) is 6.54 Å². The van der Waals surface area contributed by atoms with Crippen molar-refractivity contribution in [2.24, 2.45) is 0 Å². The molecule has 0 saturated carbocycles. The highest BCUT2D eigenvalue weighted by atomic mass is 35.5. The molecule has 1 N–H and O–H groups in total. The van der Waals surface area contributed by atoms with E-state index in [4.69, 9.17) is 16.0 Å². The van der Waals surface area contributed by atoms with Crippen LogP contribution in [0.25, 0.3) is 16.6 Å². The number of para-hydroxylation sites is 1. The van der Waals surface area contributed by atoms with Crippen LogP contribution >= 0.6 is 11.6 Å². The number of benzene rings is 1. The van der Waals surface area contributed by atoms with Crippen molar-refractivity contribution in [2.75, 3.05) is 0 Å². The quantitative estimate of drug-likeness (QED) is 0.453. The third-order valence-electron chi connectivity index (χ3n) is 3.81. The first-order valence-electron chi connectivity index (χ1n) is 7.55. The summed E-state index contributed by atoms with van der Waals surface area (Å²) < 4.78 is 6.89. The van der Waals surface area contributed by atoms with Crippen molar-refractivity contribution in [3.8, 4) is 0 Å². The third kappa shape index (κ3) is 2.88. The zero-order valence-electron chi connectivity index (χ0n) is 12.9. The summed E-state index contributed by atoms with van der Waals surface area (Å²) in [7, 11) is 0. The largest absolute Gasteiger partial charge is 0.422 e. The second-order valence-corrected chi connectivity index (χ2v) is 5.86. The van der Waals surface area contributed by atoms with Crippen LogP contribution in [0.3, 0.4) is 0 Å². The summed E-state index contributed by atoms with van der Waals surface area (Å²) in [4.78, 5) is 28.7. The Morgan fingerprint density at radius 1 is 1.20 bits per heavy atom. The summed E-state index contributed by atoms with van der Waals surface area (Å²) in [6.45, 7) is 0.170. The topological polar surface area (TPSA) is 76.6 Å². The molecule has 124 valence electrons. The molecule has 0 saturated heterocycles. The molecule has 0 aliphatic carbocycles. The lowest BCUT2D eigenvalue weighted by Gasteiger charge is -2.03. The molecule has 0 aliphatic heterocycles. The van der Waals surface area contributed by atoms with Crippen molar-refractivity contribution in [2.45, 2.75) is 6.54 Å². The predicted molar refractivity (Wildman–Crippen MR) is 93.9 cm³/mol. The molecule has 0 spiro atoms. The van der Waals surface area contributed by atoms with Crippen molar-refractivity contribution in [3.05, 3.63) is 81.6 Å². The molecule has 4 rings (SSSR count). The Kier molecular flexibility index (Phi) is 3.74. The molecule has 0 atom stereocenters. The Balaban J connectivity index is 1.58. The number of hydrogen-bond donors (Lipinski definition) is 1. The number of amides is 1. The number of rotatable bonds is 3. The van der Waals surface area contributed by atoms with Gasteiger partial charge in [0.25, 0.3) is 5.91 Å². The summed E-state index contributed by atoms with van der Waals surface area (Å²) in [6, 6.07) is 13.9. The highest BCUT2D eigenvalue weighted by molar-refractivity contribution is 6.29. The van der Waals surface area contributed by atoms with Crippen LogP contribution in [0.2, 0.25) is 5.15 Å². The molecule has 1 aromatic carbocycles. The van der Waals surface area contributed by atoms with Gasteiger partial charge in [0, 0.05) is 11.6 Å². The maximum Gasteiger partial charge on any atom is 0.349 e. The molecule has 3 aromatic heterocycles. The molecule has 25 heavy (non-hydrogen) atoms. The Morgan fingerprint density at radius 2 is 2.04 bits per heavy atom. The van der Waals surface area contributed by atoms with E-state index in [0.29, 0.717) is 27.5 Å². The SMILES string of the molecule is O=C(NCc1cn2c(Cl)cccc2n1)c1cc2ccccc2oc1=O. The van der Waals surface area contributed by atoms with Gasteiger partial charge in [-0.1, -0.05) is 35.9 Å². The van der Waals surface area contributed by atoms with E-state index < -0.39 is 11.5 Å². The Bertz CT molecular complexity index is 1160. The van der Waals surface area contributed by atoms with Gasteiger partial charge in [-0.3, -0.25) is 9.20 Å². The second kappa shape index (κ2) is 6.07. The number of fused-ring (bicyclic) bond motifs is 2. The average Bonchev–Trinajstić information content (AvgIpc) is 3.03. The second-order valence-electron chi connectivity index (χ2n) is 5.48. The standard InChI is InChI=1S/C18H12ClN3O3/c19-15-6-3-7-16-21-12(10-22(15)16)9-20-17(23)13-8-11-4-1-2-5-14(11)25-18(13)24/h1-8,10H,9H2,(H,20,23). The number of carbonyl (C=O) groups is 1. The fourth-order valence-corrected chi connectivity index (χ4v) is 2.81. The molecule has 0 bridgehead atoms. The first kappa shape index (κ1) is 15.4. The molecule has 3 heterocycles. The highest BCUT2D eigenvalue weighted by Crippen LogP contribution is 2.14. The van der Waals surface area contributed by atoms with E-state index in [1.165, 1.54) is 6.07 Å². The molecule has 1 amide bonds. The first-order chi connectivity index (χ1) is 12.1. The van der Waals surface area contributed by atoms with Crippen LogP contribution in [-0.4, -0.2) is 15.3 Å². The van der Waals surface area contributed by atoms with Gasteiger partial charge in [0.1, 0.15) is 21.9 Å². The molecular formula is C18H12ClN3O3. The minimum Gasteiger partial charge on any atom is -0.422 e. The number of imidazole rings is 1. The number of carbonyl (C=O) groups excluding carboxylic acids is 1. The van der Waals surface area contributed by atoms with E-state index in [2.05, 4.69) is 10.3 Å². The molecular weight excluding hydrogens is 342 g/mol. The van der Waals surface area contributed by atoms with E-state index >= 15 is 0 Å². The van der Waals surface area contributed by atoms with Crippen LogP contribution in [0.1, 0.15) is 16.1 Å². The van der Waals surface area contributed by atoms with Gasteiger partial charge in [0.2, 0.25) is 0 Å². The molecule has 4 aromatic rings. The van der Waals surface area contributed by atoms with E-state index in [1.54, 1.807) is 40.9 Å². The predicted octanol–water partition coefficient (Wildman–Crippen LogP) is 3.02.